The lowest BCUT2D eigenvalue weighted by molar-refractivity contribution is -0.111. The standard InChI is InChI=1S/C33H33N3O6/c1-21(37)22-15-17-23(18-16-22)35-33(40)42-32(26-19-20-29(38)25-10-4-3-9-24(25)26)30(41-2)13-7-8-14-31(39)36-28-12-6-5-11-27(28)34/h3-6,8-12,14-20,30,32,38H,7,13,34H2,1-2H3,(H,35,40)(H,36,39)/b14-8+/t30-,32-/m1/s1. The quantitative estimate of drug-likeness (QED) is 0.0908. The number of nitrogens with one attached hydrogen (secondary N) is 2. The van der Waals surface area contributed by atoms with Gasteiger partial charge in [0.15, 0.2) is 11.9 Å². The van der Waals surface area contributed by atoms with Crippen molar-refractivity contribution in [2.75, 3.05) is 23.5 Å². The first-order chi connectivity index (χ1) is 20.3. The summed E-state index contributed by atoms with van der Waals surface area (Å²) in [6.45, 7) is 1.47. The maximum atomic E-state index is 13.1. The number of nitrogens with two attached hydrogens (primary N) is 1. The van der Waals surface area contributed by atoms with E-state index in [4.69, 9.17) is 15.2 Å². The van der Waals surface area contributed by atoms with Crippen molar-refractivity contribution in [2.45, 2.75) is 32.0 Å². The average molecular weight is 568 g/mol. The first-order valence-corrected chi connectivity index (χ1v) is 13.4. The molecule has 0 spiro atoms. The first kappa shape index (κ1) is 29.8. The van der Waals surface area contributed by atoms with Crippen LogP contribution in [-0.4, -0.2) is 36.1 Å². The number of phenols is 1. The topological polar surface area (TPSA) is 140 Å². The van der Waals surface area contributed by atoms with E-state index in [1.807, 2.05) is 18.2 Å². The number of carbonyl (C=O) groups excluding carboxylic acids is 3. The van der Waals surface area contributed by atoms with Crippen molar-refractivity contribution in [3.63, 3.8) is 0 Å². The normalized spacial score (nSPS) is 12.5. The molecule has 4 rings (SSSR count). The molecule has 9 heteroatoms. The second-order valence-electron chi connectivity index (χ2n) is 9.63. The molecule has 42 heavy (non-hydrogen) atoms. The minimum atomic E-state index is -0.858. The Labute approximate surface area is 243 Å². The molecule has 0 saturated carbocycles. The van der Waals surface area contributed by atoms with Crippen molar-refractivity contribution in [3.8, 4) is 5.75 Å². The van der Waals surface area contributed by atoms with Gasteiger partial charge < -0.3 is 25.6 Å². The smallest absolute Gasteiger partial charge is 0.412 e. The summed E-state index contributed by atoms with van der Waals surface area (Å²) in [4.78, 5) is 37.0. The number of phenolic OH excluding ortho intramolecular Hbond substituents is 1. The van der Waals surface area contributed by atoms with Crippen LogP contribution in [-0.2, 0) is 14.3 Å². The van der Waals surface area contributed by atoms with Gasteiger partial charge in [0.05, 0.1) is 17.5 Å². The van der Waals surface area contributed by atoms with Crippen LogP contribution in [0.1, 0.15) is 41.8 Å². The Bertz CT molecular complexity index is 1600. The molecule has 0 fully saturated rings. The van der Waals surface area contributed by atoms with E-state index in [0.717, 1.165) is 0 Å². The van der Waals surface area contributed by atoms with Gasteiger partial charge in [-0.1, -0.05) is 48.5 Å². The van der Waals surface area contributed by atoms with Gasteiger partial charge in [-0.2, -0.15) is 0 Å². The van der Waals surface area contributed by atoms with Gasteiger partial charge in [-0.3, -0.25) is 14.9 Å². The largest absolute Gasteiger partial charge is 0.507 e. The number of Topliss-reactive ketones (excluding diaryl/α,β-unsaturated/α-hetero) is 1. The highest BCUT2D eigenvalue weighted by molar-refractivity contribution is 6.01. The van der Waals surface area contributed by atoms with Gasteiger partial charge in [0.2, 0.25) is 5.91 Å². The number of rotatable bonds is 11. The molecule has 0 heterocycles. The number of fused-ring (bicyclic) bond motifs is 1. The summed E-state index contributed by atoms with van der Waals surface area (Å²) in [7, 11) is 1.52. The number of carbonyl (C=O) groups is 3. The molecule has 4 aromatic carbocycles. The van der Waals surface area contributed by atoms with Crippen molar-refractivity contribution in [1.82, 2.24) is 0 Å². The van der Waals surface area contributed by atoms with E-state index >= 15 is 0 Å². The summed E-state index contributed by atoms with van der Waals surface area (Å²) in [6, 6.07) is 24.0. The summed E-state index contributed by atoms with van der Waals surface area (Å²) < 4.78 is 11.8. The Kier molecular flexibility index (Phi) is 9.91. The molecule has 4 aromatic rings. The molecule has 2 amide bonds. The number of allylic oxidation sites excluding steroid dienone is 1. The van der Waals surface area contributed by atoms with E-state index in [0.29, 0.717) is 51.8 Å². The minimum Gasteiger partial charge on any atom is -0.507 e. The fourth-order valence-corrected chi connectivity index (χ4v) is 4.57. The van der Waals surface area contributed by atoms with Crippen molar-refractivity contribution < 1.29 is 29.0 Å². The highest BCUT2D eigenvalue weighted by Crippen LogP contribution is 2.36. The lowest BCUT2D eigenvalue weighted by atomic mass is 9.94. The van der Waals surface area contributed by atoms with Crippen LogP contribution in [0, 0.1) is 0 Å². The summed E-state index contributed by atoms with van der Waals surface area (Å²) in [5.74, 6) is -0.304. The lowest BCUT2D eigenvalue weighted by Crippen LogP contribution is -2.28. The van der Waals surface area contributed by atoms with Crippen LogP contribution in [0.2, 0.25) is 0 Å². The van der Waals surface area contributed by atoms with E-state index in [-0.39, 0.29) is 17.4 Å². The monoisotopic (exact) mass is 567 g/mol. The zero-order valence-corrected chi connectivity index (χ0v) is 23.4. The molecule has 0 aromatic heterocycles. The molecule has 0 aliphatic carbocycles. The van der Waals surface area contributed by atoms with Gasteiger partial charge in [-0.15, -0.1) is 0 Å². The van der Waals surface area contributed by atoms with Crippen LogP contribution in [0.5, 0.6) is 5.75 Å². The number of methoxy groups -OCH3 is 1. The van der Waals surface area contributed by atoms with Crippen LogP contribution in [0.25, 0.3) is 10.8 Å². The van der Waals surface area contributed by atoms with E-state index in [1.54, 1.807) is 72.8 Å². The minimum absolute atomic E-state index is 0.0814. The third kappa shape index (κ3) is 7.52. The maximum Gasteiger partial charge on any atom is 0.412 e. The molecule has 0 saturated heterocycles. The molecule has 0 bridgehead atoms. The zero-order chi connectivity index (χ0) is 30.1. The Morgan fingerprint density at radius 3 is 2.29 bits per heavy atom. The molecular formula is C33H33N3O6. The number of aromatic hydroxyl groups is 1. The lowest BCUT2D eigenvalue weighted by Gasteiger charge is -2.27. The first-order valence-electron chi connectivity index (χ1n) is 13.4. The van der Waals surface area contributed by atoms with Gasteiger partial charge in [0, 0.05) is 29.3 Å². The molecule has 0 aliphatic rings. The number of ketones is 1. The number of nitrogen functional groups attached to an aromatic ring is 1. The summed E-state index contributed by atoms with van der Waals surface area (Å²) in [5.41, 5.74) is 8.52. The molecule has 2 atom stereocenters. The number of amides is 2. The summed E-state index contributed by atoms with van der Waals surface area (Å²) in [6.07, 6.45) is 1.81. The number of hydrogen-bond acceptors (Lipinski definition) is 7. The Morgan fingerprint density at radius 2 is 1.60 bits per heavy atom. The van der Waals surface area contributed by atoms with E-state index < -0.39 is 18.3 Å². The van der Waals surface area contributed by atoms with E-state index in [2.05, 4.69) is 10.6 Å². The second kappa shape index (κ2) is 14.0. The number of anilines is 3. The zero-order valence-electron chi connectivity index (χ0n) is 23.4. The Balaban J connectivity index is 1.52. The fraction of sp³-hybridized carbons (Fsp3) is 0.182. The van der Waals surface area contributed by atoms with Crippen molar-refractivity contribution in [1.29, 1.82) is 0 Å². The van der Waals surface area contributed by atoms with E-state index in [9.17, 15) is 19.5 Å². The predicted octanol–water partition coefficient (Wildman–Crippen LogP) is 6.61. The van der Waals surface area contributed by atoms with Crippen molar-refractivity contribution in [2.24, 2.45) is 0 Å². The third-order valence-corrected chi connectivity index (χ3v) is 6.76. The second-order valence-corrected chi connectivity index (χ2v) is 9.63. The molecule has 216 valence electrons. The molecule has 0 aliphatic heterocycles. The van der Waals surface area contributed by atoms with Crippen LogP contribution >= 0.6 is 0 Å². The summed E-state index contributed by atoms with van der Waals surface area (Å²) in [5, 5.41) is 17.2. The van der Waals surface area contributed by atoms with Crippen LogP contribution in [0.3, 0.4) is 0 Å². The van der Waals surface area contributed by atoms with Gasteiger partial charge in [0.1, 0.15) is 5.75 Å². The predicted molar refractivity (Wildman–Crippen MR) is 164 cm³/mol. The number of para-hydroxylation sites is 2. The van der Waals surface area contributed by atoms with E-state index in [1.165, 1.54) is 20.1 Å². The average Bonchev–Trinajstić information content (AvgIpc) is 2.98. The molecule has 0 radical (unpaired) electrons. The SMILES string of the molecule is CO[C@H](CC/C=C/C(=O)Nc1ccccc1N)[C@H](OC(=O)Nc1ccc(C(C)=O)cc1)c1ccc(O)c2ccccc12. The Morgan fingerprint density at radius 1 is 0.905 bits per heavy atom. The number of benzene rings is 4. The van der Waals surface area contributed by atoms with Crippen LogP contribution in [0.4, 0.5) is 21.9 Å². The number of ether oxygens (including phenoxy) is 2. The molecular weight excluding hydrogens is 534 g/mol. The van der Waals surface area contributed by atoms with Gasteiger partial charge in [-0.05, 0) is 73.7 Å². The van der Waals surface area contributed by atoms with Crippen molar-refractivity contribution in [3.05, 3.63) is 108 Å². The molecule has 5 N–H and O–H groups in total. The fourth-order valence-electron chi connectivity index (χ4n) is 4.57. The highest BCUT2D eigenvalue weighted by atomic mass is 16.6. The number of hydrogen-bond donors (Lipinski definition) is 4. The third-order valence-electron chi connectivity index (χ3n) is 6.76. The van der Waals surface area contributed by atoms with Crippen molar-refractivity contribution >= 4 is 45.6 Å². The van der Waals surface area contributed by atoms with Gasteiger partial charge >= 0.3 is 6.09 Å². The van der Waals surface area contributed by atoms with Gasteiger partial charge in [0.25, 0.3) is 0 Å². The maximum absolute atomic E-state index is 13.1. The van der Waals surface area contributed by atoms with Crippen LogP contribution in [0.15, 0.2) is 97.1 Å². The Hall–Kier alpha value is -5.15. The van der Waals surface area contributed by atoms with Gasteiger partial charge in [-0.25, -0.2) is 4.79 Å². The summed E-state index contributed by atoms with van der Waals surface area (Å²) >= 11 is 0. The van der Waals surface area contributed by atoms with Crippen LogP contribution < -0.4 is 16.4 Å². The molecule has 9 nitrogen and oxygen atoms in total. The molecule has 0 unspecified atom stereocenters. The highest BCUT2D eigenvalue weighted by Gasteiger charge is 2.29.